The summed E-state index contributed by atoms with van der Waals surface area (Å²) >= 11 is 0. The van der Waals surface area contributed by atoms with Crippen LogP contribution in [0.2, 0.25) is 0 Å². The van der Waals surface area contributed by atoms with Crippen LogP contribution >= 0.6 is 0 Å². The molecular weight excluding hydrogens is 697 g/mol. The number of aromatic nitrogens is 2. The first-order valence-electron chi connectivity index (χ1n) is 20.6. The first-order valence-corrected chi connectivity index (χ1v) is 20.6. The number of rotatable bonds is 3. The Hall–Kier alpha value is -5.81. The molecule has 5 heterocycles. The molecule has 286 valence electrons. The van der Waals surface area contributed by atoms with Gasteiger partial charge in [0.05, 0.1) is 35.0 Å². The minimum atomic E-state index is 0.0194. The van der Waals surface area contributed by atoms with Crippen molar-refractivity contribution in [1.82, 2.24) is 4.57 Å². The molecule has 0 saturated heterocycles. The molecule has 5 aromatic carbocycles. The highest BCUT2D eigenvalue weighted by molar-refractivity contribution is 6.12. The van der Waals surface area contributed by atoms with Gasteiger partial charge in [-0.1, -0.05) is 98.7 Å². The van der Waals surface area contributed by atoms with E-state index in [4.69, 9.17) is 4.74 Å². The summed E-state index contributed by atoms with van der Waals surface area (Å²) in [6, 6.07) is 40.6. The molecule has 5 heteroatoms. The van der Waals surface area contributed by atoms with Crippen LogP contribution < -0.4 is 19.1 Å². The van der Waals surface area contributed by atoms with Crippen molar-refractivity contribution in [3.8, 4) is 17.3 Å². The maximum Gasteiger partial charge on any atom is 0.291 e. The molecule has 1 unspecified atom stereocenters. The molecule has 0 aliphatic carbocycles. The van der Waals surface area contributed by atoms with Crippen molar-refractivity contribution >= 4 is 56.8 Å². The number of hydrogen-bond donors (Lipinski definition) is 0. The van der Waals surface area contributed by atoms with Gasteiger partial charge in [0.15, 0.2) is 5.52 Å². The summed E-state index contributed by atoms with van der Waals surface area (Å²) in [5, 5.41) is 2.47. The molecule has 2 aromatic heterocycles. The summed E-state index contributed by atoms with van der Waals surface area (Å²) in [7, 11) is 0. The normalized spacial score (nSPS) is 16.1. The second-order valence-corrected chi connectivity index (χ2v) is 19.3. The van der Waals surface area contributed by atoms with E-state index >= 15 is 0 Å². The lowest BCUT2D eigenvalue weighted by atomic mass is 9.80. The van der Waals surface area contributed by atoms with Crippen molar-refractivity contribution in [3.63, 3.8) is 0 Å². The molecule has 5 nitrogen and oxygen atoms in total. The highest BCUT2D eigenvalue weighted by Crippen LogP contribution is 2.54. The first kappa shape index (κ1) is 35.6. The number of benzene rings is 5. The molecule has 3 aliphatic heterocycles. The van der Waals surface area contributed by atoms with Crippen molar-refractivity contribution < 1.29 is 9.30 Å². The third kappa shape index (κ3) is 5.61. The molecule has 57 heavy (non-hydrogen) atoms. The highest BCUT2D eigenvalue weighted by Gasteiger charge is 2.42. The van der Waals surface area contributed by atoms with Crippen molar-refractivity contribution in [3.05, 3.63) is 143 Å². The molecule has 0 fully saturated rings. The van der Waals surface area contributed by atoms with E-state index in [2.05, 4.69) is 209 Å². The van der Waals surface area contributed by atoms with Gasteiger partial charge in [0.25, 0.3) is 5.82 Å². The molecule has 10 rings (SSSR count). The molecule has 0 amide bonds. The lowest BCUT2D eigenvalue weighted by molar-refractivity contribution is -0.561. The Bertz CT molecular complexity index is 2770. The predicted molar refractivity (Wildman–Crippen MR) is 238 cm³/mol. The van der Waals surface area contributed by atoms with Crippen LogP contribution in [0.3, 0.4) is 0 Å². The Morgan fingerprint density at radius 1 is 0.596 bits per heavy atom. The smallest absolute Gasteiger partial charge is 0.291 e. The summed E-state index contributed by atoms with van der Waals surface area (Å²) in [5.74, 6) is 2.91. The van der Waals surface area contributed by atoms with Gasteiger partial charge in [0, 0.05) is 28.1 Å². The van der Waals surface area contributed by atoms with Gasteiger partial charge in [-0.3, -0.25) is 0 Å². The number of anilines is 4. The number of ether oxygens (including phenoxy) is 1. The van der Waals surface area contributed by atoms with E-state index in [0.29, 0.717) is 0 Å². The summed E-state index contributed by atoms with van der Waals surface area (Å²) in [5.41, 5.74) is 13.8. The van der Waals surface area contributed by atoms with Gasteiger partial charge >= 0.3 is 0 Å². The van der Waals surface area contributed by atoms with E-state index < -0.39 is 0 Å². The van der Waals surface area contributed by atoms with Gasteiger partial charge in [-0.15, -0.1) is 0 Å². The van der Waals surface area contributed by atoms with Crippen LogP contribution in [0.4, 0.5) is 22.7 Å². The van der Waals surface area contributed by atoms with E-state index in [1.165, 1.54) is 66.8 Å². The summed E-state index contributed by atoms with van der Waals surface area (Å²) in [6.07, 6.45) is 8.65. The Balaban J connectivity index is 1.09. The number of hydrogen-bond acceptors (Lipinski definition) is 3. The van der Waals surface area contributed by atoms with E-state index in [9.17, 15) is 0 Å². The molecule has 0 saturated carbocycles. The predicted octanol–water partition coefficient (Wildman–Crippen LogP) is 13.3. The van der Waals surface area contributed by atoms with E-state index in [1.54, 1.807) is 0 Å². The zero-order chi connectivity index (χ0) is 39.6. The van der Waals surface area contributed by atoms with E-state index in [0.717, 1.165) is 35.7 Å². The van der Waals surface area contributed by atoms with Crippen molar-refractivity contribution in [2.24, 2.45) is 0 Å². The molecule has 1 atom stereocenters. The Morgan fingerprint density at radius 3 is 1.98 bits per heavy atom. The lowest BCUT2D eigenvalue weighted by Crippen LogP contribution is -2.41. The van der Waals surface area contributed by atoms with Crippen LogP contribution in [0.5, 0.6) is 11.5 Å². The summed E-state index contributed by atoms with van der Waals surface area (Å²) in [4.78, 5) is 5.17. The summed E-state index contributed by atoms with van der Waals surface area (Å²) < 4.78 is 11.8. The average Bonchev–Trinajstić information content (AvgIpc) is 3.63. The van der Waals surface area contributed by atoms with E-state index in [-0.39, 0.29) is 22.4 Å². The minimum Gasteiger partial charge on any atom is -0.456 e. The van der Waals surface area contributed by atoms with Gasteiger partial charge in [-0.05, 0) is 119 Å². The second-order valence-electron chi connectivity index (χ2n) is 19.3. The van der Waals surface area contributed by atoms with Crippen LogP contribution in [0.15, 0.2) is 115 Å². The minimum absolute atomic E-state index is 0.0194. The Kier molecular flexibility index (Phi) is 7.71. The number of para-hydroxylation sites is 3. The van der Waals surface area contributed by atoms with Crippen LogP contribution in [0.25, 0.3) is 39.9 Å². The topological polar surface area (TPSA) is 24.5 Å². The van der Waals surface area contributed by atoms with Crippen molar-refractivity contribution in [2.75, 3.05) is 9.80 Å². The SMILES string of the molecule is CC(C)(C)c1cc(N2c3ccccc3N3c4cccc(Oc5ccc6c7ccccc7n7c6c5C=C[n+]5ccc(C(C)(C)C)cc5-7)c4CCC23)cc(C(C)(C)C)c1. The van der Waals surface area contributed by atoms with Crippen molar-refractivity contribution in [2.45, 2.75) is 97.6 Å². The number of nitrogens with zero attached hydrogens (tertiary/aromatic N) is 4. The average molecular weight is 750 g/mol. The van der Waals surface area contributed by atoms with Crippen LogP contribution in [0.1, 0.15) is 96.6 Å². The van der Waals surface area contributed by atoms with Crippen LogP contribution in [0, 0.1) is 0 Å². The Morgan fingerprint density at radius 2 is 1.26 bits per heavy atom. The van der Waals surface area contributed by atoms with Gasteiger partial charge in [0.2, 0.25) is 0 Å². The third-order valence-electron chi connectivity index (χ3n) is 12.5. The van der Waals surface area contributed by atoms with Crippen LogP contribution in [-0.2, 0) is 22.7 Å². The van der Waals surface area contributed by atoms with E-state index in [1.807, 2.05) is 0 Å². The van der Waals surface area contributed by atoms with Gasteiger partial charge in [-0.2, -0.15) is 4.57 Å². The fourth-order valence-corrected chi connectivity index (χ4v) is 9.28. The molecule has 7 aromatic rings. The number of pyridine rings is 1. The van der Waals surface area contributed by atoms with Crippen molar-refractivity contribution in [1.29, 1.82) is 0 Å². The standard InChI is InChI=1S/C52H53N4O/c1-50(2,3)33-25-27-53-28-26-40-46(23-21-38-37-15-10-11-16-41(37)56(49(38)40)48(53)32-33)57-45-20-14-19-42-39(45)22-24-47-54(43-17-12-13-18-44(43)55(42)47)36-30-34(51(4,5)6)29-35(31-36)52(7,8)9/h10-21,23,25-32,47H,22,24H2,1-9H3/q+1. The quantitative estimate of drug-likeness (QED) is 0.168. The fourth-order valence-electron chi connectivity index (χ4n) is 9.28. The highest BCUT2D eigenvalue weighted by atomic mass is 16.5. The molecular formula is C52H53N4O+. The molecule has 0 bridgehead atoms. The maximum absolute atomic E-state index is 7.16. The maximum atomic E-state index is 7.16. The zero-order valence-electron chi connectivity index (χ0n) is 34.8. The number of fused-ring (bicyclic) bond motifs is 10. The second kappa shape index (κ2) is 12.3. The fraction of sp³-hybridized carbons (Fsp3) is 0.288. The molecule has 0 N–H and O–H groups in total. The van der Waals surface area contributed by atoms with Gasteiger partial charge in [0.1, 0.15) is 23.2 Å². The molecule has 0 spiro atoms. The molecule has 0 radical (unpaired) electrons. The van der Waals surface area contributed by atoms with Gasteiger partial charge in [-0.25, -0.2) is 4.57 Å². The third-order valence-corrected chi connectivity index (χ3v) is 12.5. The van der Waals surface area contributed by atoms with Gasteiger partial charge < -0.3 is 14.5 Å². The Labute approximate surface area is 337 Å². The largest absolute Gasteiger partial charge is 0.456 e. The van der Waals surface area contributed by atoms with Crippen LogP contribution in [-0.4, -0.2) is 10.7 Å². The molecule has 3 aliphatic rings. The lowest BCUT2D eigenvalue weighted by Gasteiger charge is -2.39. The first-order chi connectivity index (χ1) is 27.2. The monoisotopic (exact) mass is 749 g/mol. The zero-order valence-corrected chi connectivity index (χ0v) is 34.8. The summed E-state index contributed by atoms with van der Waals surface area (Å²) in [6.45, 7) is 20.8.